The number of halogens is 1. The largest absolute Gasteiger partial charge is 0.438 e. The number of benzene rings is 1. The zero-order valence-corrected chi connectivity index (χ0v) is 18.8. The van der Waals surface area contributed by atoms with Crippen LogP contribution in [0.2, 0.25) is 0 Å². The molecule has 1 saturated carbocycles. The summed E-state index contributed by atoms with van der Waals surface area (Å²) in [6.45, 7) is 0. The minimum atomic E-state index is -0.615. The van der Waals surface area contributed by atoms with Gasteiger partial charge in [0.15, 0.2) is 0 Å². The number of thioether (sulfide) groups is 1. The van der Waals surface area contributed by atoms with Crippen LogP contribution in [0.1, 0.15) is 46.4 Å². The number of carbonyl (C=O) groups is 2. The lowest BCUT2D eigenvalue weighted by Crippen LogP contribution is -2.43. The predicted octanol–water partition coefficient (Wildman–Crippen LogP) is 3.93. The van der Waals surface area contributed by atoms with Gasteiger partial charge in [-0.1, -0.05) is 6.07 Å². The van der Waals surface area contributed by atoms with Crippen LogP contribution in [0.15, 0.2) is 53.8 Å². The van der Waals surface area contributed by atoms with E-state index in [0.717, 1.165) is 30.0 Å². The van der Waals surface area contributed by atoms with Crippen LogP contribution < -0.4 is 15.4 Å². The van der Waals surface area contributed by atoms with Gasteiger partial charge in [0.25, 0.3) is 11.8 Å². The summed E-state index contributed by atoms with van der Waals surface area (Å²) < 4.78 is 19.7. The van der Waals surface area contributed by atoms with Crippen LogP contribution in [-0.2, 0) is 0 Å². The summed E-state index contributed by atoms with van der Waals surface area (Å²) in [4.78, 5) is 30.1. The average Bonchev–Trinajstić information content (AvgIpc) is 3.37. The molecule has 0 saturated heterocycles. The standard InChI is InChI=1S/C23H24FN5O3S/c1-33-19-4-2-3-18(10-19)32-23-20(9-15(24)13-25-23)22(31)29-17-7-5-16(6-8-17)28-21(30)14-11-26-27-12-14/h2-4,9-13,16-17H,5-8H2,1H3,(H,26,27)(H,28,30)(H,29,31). The Balaban J connectivity index is 1.36. The first-order valence-corrected chi connectivity index (χ1v) is 11.8. The van der Waals surface area contributed by atoms with Crippen molar-refractivity contribution in [3.8, 4) is 11.6 Å². The lowest BCUT2D eigenvalue weighted by molar-refractivity contribution is 0.0890. The number of ether oxygens (including phenoxy) is 1. The zero-order valence-electron chi connectivity index (χ0n) is 18.0. The molecule has 3 N–H and O–H groups in total. The number of pyridine rings is 1. The third-order valence-corrected chi connectivity index (χ3v) is 6.20. The number of rotatable bonds is 7. The second-order valence-corrected chi connectivity index (χ2v) is 8.65. The molecular weight excluding hydrogens is 445 g/mol. The fraction of sp³-hybridized carbons (Fsp3) is 0.304. The Kier molecular flexibility index (Phi) is 7.23. The minimum absolute atomic E-state index is 0.0268. The Morgan fingerprint density at radius 1 is 1.09 bits per heavy atom. The summed E-state index contributed by atoms with van der Waals surface area (Å²) in [5, 5.41) is 12.3. The van der Waals surface area contributed by atoms with Crippen molar-refractivity contribution >= 4 is 23.6 Å². The van der Waals surface area contributed by atoms with Gasteiger partial charge < -0.3 is 15.4 Å². The molecule has 1 fully saturated rings. The van der Waals surface area contributed by atoms with Crippen molar-refractivity contribution in [1.82, 2.24) is 25.8 Å². The van der Waals surface area contributed by atoms with E-state index in [1.807, 2.05) is 24.5 Å². The van der Waals surface area contributed by atoms with Crippen molar-refractivity contribution in [1.29, 1.82) is 0 Å². The highest BCUT2D eigenvalue weighted by molar-refractivity contribution is 7.98. The highest BCUT2D eigenvalue weighted by Gasteiger charge is 2.26. The maximum Gasteiger partial charge on any atom is 0.257 e. The smallest absolute Gasteiger partial charge is 0.257 e. The van der Waals surface area contributed by atoms with Crippen molar-refractivity contribution in [2.75, 3.05) is 6.26 Å². The van der Waals surface area contributed by atoms with Gasteiger partial charge in [0.1, 0.15) is 17.1 Å². The second kappa shape index (κ2) is 10.5. The monoisotopic (exact) mass is 469 g/mol. The van der Waals surface area contributed by atoms with Crippen molar-refractivity contribution in [2.24, 2.45) is 0 Å². The third kappa shape index (κ3) is 5.89. The summed E-state index contributed by atoms with van der Waals surface area (Å²) >= 11 is 1.56. The van der Waals surface area contributed by atoms with E-state index in [9.17, 15) is 14.0 Å². The van der Waals surface area contributed by atoms with Crippen LogP contribution in [0.25, 0.3) is 0 Å². The molecule has 0 spiro atoms. The van der Waals surface area contributed by atoms with Gasteiger partial charge in [0, 0.05) is 23.2 Å². The summed E-state index contributed by atoms with van der Waals surface area (Å²) in [5.74, 6) is -0.661. The summed E-state index contributed by atoms with van der Waals surface area (Å²) in [5.41, 5.74) is 0.527. The number of nitrogens with zero attached hydrogens (tertiary/aromatic N) is 2. The number of carbonyl (C=O) groups excluding carboxylic acids is 2. The van der Waals surface area contributed by atoms with Gasteiger partial charge in [0.2, 0.25) is 5.88 Å². The maximum atomic E-state index is 13.9. The van der Waals surface area contributed by atoms with Gasteiger partial charge in [0.05, 0.1) is 18.0 Å². The van der Waals surface area contributed by atoms with E-state index in [1.165, 1.54) is 6.20 Å². The Morgan fingerprint density at radius 3 is 2.48 bits per heavy atom. The number of H-pyrrole nitrogens is 1. The van der Waals surface area contributed by atoms with Crippen molar-refractivity contribution < 1.29 is 18.7 Å². The number of aromatic nitrogens is 3. The summed E-state index contributed by atoms with van der Waals surface area (Å²) in [7, 11) is 0. The lowest BCUT2D eigenvalue weighted by atomic mass is 9.91. The molecule has 10 heteroatoms. The fourth-order valence-electron chi connectivity index (χ4n) is 3.74. The highest BCUT2D eigenvalue weighted by Crippen LogP contribution is 2.28. The van der Waals surface area contributed by atoms with Crippen LogP contribution in [0.4, 0.5) is 4.39 Å². The van der Waals surface area contributed by atoms with Gasteiger partial charge in [-0.3, -0.25) is 14.7 Å². The first-order valence-electron chi connectivity index (χ1n) is 10.6. The molecule has 3 aromatic rings. The van der Waals surface area contributed by atoms with Gasteiger partial charge in [-0.15, -0.1) is 11.8 Å². The van der Waals surface area contributed by atoms with Gasteiger partial charge >= 0.3 is 0 Å². The van der Waals surface area contributed by atoms with E-state index in [4.69, 9.17) is 4.74 Å². The predicted molar refractivity (Wildman–Crippen MR) is 122 cm³/mol. The van der Waals surface area contributed by atoms with E-state index in [2.05, 4.69) is 25.8 Å². The quantitative estimate of drug-likeness (QED) is 0.453. The number of amides is 2. The first kappa shape index (κ1) is 22.8. The number of aromatic amines is 1. The van der Waals surface area contributed by atoms with Crippen LogP contribution in [0.3, 0.4) is 0 Å². The van der Waals surface area contributed by atoms with Crippen LogP contribution in [-0.4, -0.2) is 45.3 Å². The molecule has 0 atom stereocenters. The van der Waals surface area contributed by atoms with Crippen LogP contribution >= 0.6 is 11.8 Å². The molecule has 0 bridgehead atoms. The molecule has 8 nitrogen and oxygen atoms in total. The zero-order chi connectivity index (χ0) is 23.2. The molecule has 1 aliphatic carbocycles. The molecule has 172 valence electrons. The van der Waals surface area contributed by atoms with E-state index < -0.39 is 11.7 Å². The molecule has 1 aromatic carbocycles. The summed E-state index contributed by atoms with van der Waals surface area (Å²) in [6.07, 6.45) is 8.83. The molecule has 2 aromatic heterocycles. The fourth-order valence-corrected chi connectivity index (χ4v) is 4.18. The average molecular weight is 470 g/mol. The molecular formula is C23H24FN5O3S. The number of nitrogens with one attached hydrogen (secondary N) is 3. The Labute approximate surface area is 194 Å². The highest BCUT2D eigenvalue weighted by atomic mass is 32.2. The molecule has 4 rings (SSSR count). The van der Waals surface area contributed by atoms with Crippen LogP contribution in [0.5, 0.6) is 11.6 Å². The summed E-state index contributed by atoms with van der Waals surface area (Å²) in [6, 6.07) is 8.44. The van der Waals surface area contributed by atoms with E-state index in [-0.39, 0.29) is 29.4 Å². The minimum Gasteiger partial charge on any atom is -0.438 e. The number of hydrogen-bond donors (Lipinski definition) is 3. The normalized spacial score (nSPS) is 17.9. The topological polar surface area (TPSA) is 109 Å². The Bertz CT molecular complexity index is 1120. The van der Waals surface area contributed by atoms with Gasteiger partial charge in [-0.2, -0.15) is 5.10 Å². The van der Waals surface area contributed by atoms with Gasteiger partial charge in [-0.25, -0.2) is 9.37 Å². The SMILES string of the molecule is CSc1cccc(Oc2ncc(F)cc2C(=O)NC2CCC(NC(=O)c3cn[nH]c3)CC2)c1. The molecule has 0 aliphatic heterocycles. The molecule has 2 amide bonds. The number of hydrogen-bond acceptors (Lipinski definition) is 6. The molecule has 0 unspecified atom stereocenters. The van der Waals surface area contributed by atoms with E-state index >= 15 is 0 Å². The molecule has 33 heavy (non-hydrogen) atoms. The third-order valence-electron chi connectivity index (χ3n) is 5.48. The Hall–Kier alpha value is -3.40. The molecule has 0 radical (unpaired) electrons. The second-order valence-electron chi connectivity index (χ2n) is 7.77. The van der Waals surface area contributed by atoms with E-state index in [1.54, 1.807) is 24.0 Å². The molecule has 2 heterocycles. The molecule has 1 aliphatic rings. The maximum absolute atomic E-state index is 13.9. The van der Waals surface area contributed by atoms with Crippen LogP contribution in [0, 0.1) is 5.82 Å². The first-order chi connectivity index (χ1) is 16.0. The van der Waals surface area contributed by atoms with Crippen molar-refractivity contribution in [3.05, 3.63) is 65.9 Å². The van der Waals surface area contributed by atoms with Gasteiger partial charge in [-0.05, 0) is 56.2 Å². The van der Waals surface area contributed by atoms with E-state index in [0.29, 0.717) is 24.2 Å². The van der Waals surface area contributed by atoms with Crippen molar-refractivity contribution in [3.63, 3.8) is 0 Å². The lowest BCUT2D eigenvalue weighted by Gasteiger charge is -2.29. The Morgan fingerprint density at radius 2 is 1.82 bits per heavy atom. The van der Waals surface area contributed by atoms with Crippen molar-refractivity contribution in [2.45, 2.75) is 42.7 Å².